The van der Waals surface area contributed by atoms with E-state index in [1.54, 1.807) is 29.2 Å². The van der Waals surface area contributed by atoms with Crippen LogP contribution in [0.15, 0.2) is 30.3 Å². The zero-order valence-corrected chi connectivity index (χ0v) is 15.3. The Labute approximate surface area is 160 Å². The SMILES string of the molecule is CC[C@@]1(C(=O)O)C[C@@H]2CC[C@H]1N2C(=O)c1ccc2cccc(F)c2n1.O=CO. The summed E-state index contributed by atoms with van der Waals surface area (Å²) in [5.41, 5.74) is -0.535. The van der Waals surface area contributed by atoms with Crippen LogP contribution in [0.3, 0.4) is 0 Å². The van der Waals surface area contributed by atoms with Gasteiger partial charge in [-0.2, -0.15) is 0 Å². The van der Waals surface area contributed by atoms with Crippen LogP contribution in [0.25, 0.3) is 10.9 Å². The van der Waals surface area contributed by atoms with Gasteiger partial charge in [-0.3, -0.25) is 14.4 Å². The number of halogens is 1. The fraction of sp³-hybridized carbons (Fsp3) is 0.400. The van der Waals surface area contributed by atoms with Crippen LogP contribution in [-0.4, -0.2) is 50.5 Å². The summed E-state index contributed by atoms with van der Waals surface area (Å²) in [4.78, 5) is 39.2. The van der Waals surface area contributed by atoms with Crippen LogP contribution in [0.1, 0.15) is 43.1 Å². The molecule has 0 radical (unpaired) electrons. The molecule has 0 saturated carbocycles. The van der Waals surface area contributed by atoms with Crippen LogP contribution >= 0.6 is 0 Å². The Bertz CT molecular complexity index is 934. The first kappa shape index (κ1) is 19.7. The molecule has 8 heteroatoms. The van der Waals surface area contributed by atoms with Crippen LogP contribution in [-0.2, 0) is 9.59 Å². The summed E-state index contributed by atoms with van der Waals surface area (Å²) >= 11 is 0. The summed E-state index contributed by atoms with van der Waals surface area (Å²) in [5, 5.41) is 17.3. The Morgan fingerprint density at radius 3 is 2.64 bits per heavy atom. The maximum Gasteiger partial charge on any atom is 0.311 e. The van der Waals surface area contributed by atoms with Gasteiger partial charge in [-0.25, -0.2) is 9.37 Å². The molecule has 28 heavy (non-hydrogen) atoms. The summed E-state index contributed by atoms with van der Waals surface area (Å²) in [5.74, 6) is -1.60. The summed E-state index contributed by atoms with van der Waals surface area (Å²) in [6.07, 6.45) is 2.48. The zero-order chi connectivity index (χ0) is 20.5. The van der Waals surface area contributed by atoms with Gasteiger partial charge < -0.3 is 15.1 Å². The van der Waals surface area contributed by atoms with Gasteiger partial charge in [-0.05, 0) is 37.8 Å². The van der Waals surface area contributed by atoms with Gasteiger partial charge in [0.25, 0.3) is 12.4 Å². The lowest BCUT2D eigenvalue weighted by Crippen LogP contribution is -2.44. The van der Waals surface area contributed by atoms with E-state index in [0.717, 1.165) is 6.42 Å². The number of aromatic nitrogens is 1. The molecular formula is C20H21FN2O5. The predicted octanol–water partition coefficient (Wildman–Crippen LogP) is 2.93. The number of nitrogens with zero attached hydrogens (tertiary/aromatic N) is 2. The average molecular weight is 388 g/mol. The van der Waals surface area contributed by atoms with E-state index in [9.17, 15) is 19.1 Å². The highest BCUT2D eigenvalue weighted by atomic mass is 19.1. The number of benzene rings is 1. The first-order valence-corrected chi connectivity index (χ1v) is 9.08. The van der Waals surface area contributed by atoms with Crippen molar-refractivity contribution in [3.8, 4) is 0 Å². The Balaban J connectivity index is 0.000000706. The third kappa shape index (κ3) is 2.98. The number of hydrogen-bond acceptors (Lipinski definition) is 4. The van der Waals surface area contributed by atoms with E-state index in [1.807, 2.05) is 6.92 Å². The normalized spacial score (nSPS) is 25.3. The van der Waals surface area contributed by atoms with Crippen LogP contribution in [0.4, 0.5) is 4.39 Å². The standard InChI is InChI=1S/C19H19FN2O3.CH2O2/c1-2-19(18(24)25)10-12-7-9-15(19)22(12)17(23)14-8-6-11-4-3-5-13(20)16(11)21-14;2-1-3/h3-6,8,12,15H,2,7,9-10H2,1H3,(H,24,25);1H,(H,2,3)/t12-,15+,19+;/m0./s1. The minimum Gasteiger partial charge on any atom is -0.483 e. The highest BCUT2D eigenvalue weighted by Gasteiger charge is 2.60. The summed E-state index contributed by atoms with van der Waals surface area (Å²) in [7, 11) is 0. The van der Waals surface area contributed by atoms with Gasteiger partial charge in [0.1, 0.15) is 17.0 Å². The van der Waals surface area contributed by atoms with E-state index in [4.69, 9.17) is 9.90 Å². The number of carboxylic acids is 1. The number of hydrogen-bond donors (Lipinski definition) is 2. The van der Waals surface area contributed by atoms with E-state index in [0.29, 0.717) is 24.6 Å². The van der Waals surface area contributed by atoms with Crippen LogP contribution in [0.2, 0.25) is 0 Å². The molecule has 1 aromatic carbocycles. The van der Waals surface area contributed by atoms with E-state index < -0.39 is 17.2 Å². The van der Waals surface area contributed by atoms with Gasteiger partial charge in [0.05, 0.1) is 5.41 Å². The van der Waals surface area contributed by atoms with Gasteiger partial charge in [0.15, 0.2) is 0 Å². The second-order valence-electron chi connectivity index (χ2n) is 7.09. The third-order valence-electron chi connectivity index (χ3n) is 5.92. The molecule has 2 aliphatic rings. The Morgan fingerprint density at radius 2 is 2.04 bits per heavy atom. The smallest absolute Gasteiger partial charge is 0.311 e. The molecule has 3 atom stereocenters. The molecule has 2 bridgehead atoms. The number of carbonyl (C=O) groups is 3. The second kappa shape index (κ2) is 7.53. The highest BCUT2D eigenvalue weighted by Crippen LogP contribution is 2.52. The molecule has 2 N–H and O–H groups in total. The zero-order valence-electron chi connectivity index (χ0n) is 15.3. The van der Waals surface area contributed by atoms with Crippen molar-refractivity contribution in [2.75, 3.05) is 0 Å². The molecule has 1 aromatic heterocycles. The number of amides is 1. The molecule has 0 unspecified atom stereocenters. The number of carboxylic acid groups (broad SMARTS) is 2. The lowest BCUT2D eigenvalue weighted by Gasteiger charge is -2.32. The number of carbonyl (C=O) groups excluding carboxylic acids is 1. The maximum absolute atomic E-state index is 14.0. The van der Waals surface area contributed by atoms with Crippen molar-refractivity contribution in [1.82, 2.24) is 9.88 Å². The lowest BCUT2D eigenvalue weighted by atomic mass is 9.72. The maximum atomic E-state index is 14.0. The Hall–Kier alpha value is -3.03. The number of fused-ring (bicyclic) bond motifs is 3. The molecule has 0 spiro atoms. The molecule has 4 rings (SSSR count). The van der Waals surface area contributed by atoms with Crippen molar-refractivity contribution in [3.05, 3.63) is 41.8 Å². The molecule has 2 aliphatic heterocycles. The fourth-order valence-corrected chi connectivity index (χ4v) is 4.61. The largest absolute Gasteiger partial charge is 0.483 e. The van der Waals surface area contributed by atoms with Gasteiger partial charge >= 0.3 is 5.97 Å². The van der Waals surface area contributed by atoms with Gasteiger partial charge in [-0.15, -0.1) is 0 Å². The highest BCUT2D eigenvalue weighted by molar-refractivity contribution is 5.96. The monoisotopic (exact) mass is 388 g/mol. The summed E-state index contributed by atoms with van der Waals surface area (Å²) < 4.78 is 14.0. The van der Waals surface area contributed by atoms with Gasteiger partial charge in [0, 0.05) is 17.5 Å². The first-order valence-electron chi connectivity index (χ1n) is 9.08. The lowest BCUT2D eigenvalue weighted by molar-refractivity contribution is -0.151. The van der Waals surface area contributed by atoms with Crippen molar-refractivity contribution < 1.29 is 29.0 Å². The number of aliphatic carboxylic acids is 1. The molecule has 0 aliphatic carbocycles. The fourth-order valence-electron chi connectivity index (χ4n) is 4.61. The molecule has 2 aromatic rings. The van der Waals surface area contributed by atoms with Crippen LogP contribution < -0.4 is 0 Å². The Morgan fingerprint density at radius 1 is 1.32 bits per heavy atom. The average Bonchev–Trinajstić information content (AvgIpc) is 3.24. The number of para-hydroxylation sites is 1. The quantitative estimate of drug-likeness (QED) is 0.783. The molecule has 7 nitrogen and oxygen atoms in total. The summed E-state index contributed by atoms with van der Waals surface area (Å²) in [6, 6.07) is 7.54. The van der Waals surface area contributed by atoms with Crippen molar-refractivity contribution in [2.45, 2.75) is 44.7 Å². The van der Waals surface area contributed by atoms with Crippen molar-refractivity contribution >= 4 is 29.3 Å². The van der Waals surface area contributed by atoms with Crippen LogP contribution in [0.5, 0.6) is 0 Å². The van der Waals surface area contributed by atoms with Crippen molar-refractivity contribution in [3.63, 3.8) is 0 Å². The first-order chi connectivity index (χ1) is 13.4. The molecule has 3 heterocycles. The molecular weight excluding hydrogens is 367 g/mol. The number of pyridine rings is 1. The molecule has 2 saturated heterocycles. The third-order valence-corrected chi connectivity index (χ3v) is 5.92. The van der Waals surface area contributed by atoms with Crippen LogP contribution in [0, 0.1) is 11.2 Å². The number of rotatable bonds is 3. The minimum atomic E-state index is -0.874. The van der Waals surface area contributed by atoms with Gasteiger partial charge in [-0.1, -0.05) is 25.1 Å². The molecule has 2 fully saturated rings. The predicted molar refractivity (Wildman–Crippen MR) is 98.4 cm³/mol. The summed E-state index contributed by atoms with van der Waals surface area (Å²) in [6.45, 7) is 1.61. The molecule has 148 valence electrons. The van der Waals surface area contributed by atoms with Crippen molar-refractivity contribution in [2.24, 2.45) is 5.41 Å². The Kier molecular flexibility index (Phi) is 5.31. The minimum absolute atomic E-state index is 0.0772. The van der Waals surface area contributed by atoms with E-state index in [-0.39, 0.29) is 35.7 Å². The van der Waals surface area contributed by atoms with E-state index in [2.05, 4.69) is 4.98 Å². The molecule has 1 amide bonds. The van der Waals surface area contributed by atoms with E-state index in [1.165, 1.54) is 6.07 Å². The topological polar surface area (TPSA) is 108 Å². The second-order valence-corrected chi connectivity index (χ2v) is 7.09. The van der Waals surface area contributed by atoms with Crippen molar-refractivity contribution in [1.29, 1.82) is 0 Å². The van der Waals surface area contributed by atoms with Gasteiger partial charge in [0.2, 0.25) is 0 Å². The van der Waals surface area contributed by atoms with E-state index >= 15 is 0 Å².